The predicted molar refractivity (Wildman–Crippen MR) is 53.8 cm³/mol. The molecule has 0 saturated heterocycles. The topological polar surface area (TPSA) is 29.5 Å². The van der Waals surface area contributed by atoms with Crippen LogP contribution >= 0.6 is 11.6 Å². The lowest BCUT2D eigenvalue weighted by Gasteiger charge is -2.13. The summed E-state index contributed by atoms with van der Waals surface area (Å²) in [6.45, 7) is 0.707. The van der Waals surface area contributed by atoms with Crippen molar-refractivity contribution >= 4 is 11.6 Å². The largest absolute Gasteiger partial charge is 0.493 e. The number of rotatable bonds is 1. The van der Waals surface area contributed by atoms with Crippen LogP contribution in [0.15, 0.2) is 12.1 Å². The van der Waals surface area contributed by atoms with Crippen LogP contribution in [0.2, 0.25) is 5.02 Å². The van der Waals surface area contributed by atoms with Crippen LogP contribution in [-0.4, -0.2) is 11.7 Å². The Morgan fingerprint density at radius 2 is 2.14 bits per heavy atom. The minimum atomic E-state index is -0.653. The van der Waals surface area contributed by atoms with Gasteiger partial charge in [0.05, 0.1) is 12.2 Å². The lowest BCUT2D eigenvalue weighted by Crippen LogP contribution is -2.06. The molecule has 0 atom stereocenters. The van der Waals surface area contributed by atoms with Gasteiger partial charge in [-0.3, -0.25) is 0 Å². The fourth-order valence-corrected chi connectivity index (χ4v) is 2.24. The lowest BCUT2D eigenvalue weighted by molar-refractivity contribution is 0.147. The van der Waals surface area contributed by atoms with Crippen LogP contribution in [0.4, 0.5) is 0 Å². The van der Waals surface area contributed by atoms with E-state index in [0.717, 1.165) is 36.1 Å². The predicted octanol–water partition coefficient (Wildman–Crippen LogP) is 2.26. The Kier molecular flexibility index (Phi) is 1.62. The molecule has 1 fully saturated rings. The molecule has 0 radical (unpaired) electrons. The summed E-state index contributed by atoms with van der Waals surface area (Å²) in [6.07, 6.45) is 2.55. The minimum Gasteiger partial charge on any atom is -0.493 e. The van der Waals surface area contributed by atoms with Gasteiger partial charge in [-0.1, -0.05) is 11.6 Å². The van der Waals surface area contributed by atoms with Gasteiger partial charge in [-0.25, -0.2) is 0 Å². The summed E-state index contributed by atoms with van der Waals surface area (Å²) in [7, 11) is 0. The van der Waals surface area contributed by atoms with Crippen LogP contribution in [-0.2, 0) is 12.0 Å². The van der Waals surface area contributed by atoms with Crippen molar-refractivity contribution in [2.24, 2.45) is 0 Å². The molecule has 0 amide bonds. The molecule has 0 unspecified atom stereocenters. The SMILES string of the molecule is OC1(c2cc(Cl)cc3c2OCC3)CC1. The van der Waals surface area contributed by atoms with E-state index < -0.39 is 5.60 Å². The summed E-state index contributed by atoms with van der Waals surface area (Å²) in [5, 5.41) is 10.7. The van der Waals surface area contributed by atoms with Crippen LogP contribution in [0.1, 0.15) is 24.0 Å². The summed E-state index contributed by atoms with van der Waals surface area (Å²) in [6, 6.07) is 3.76. The third-order valence-corrected chi connectivity index (χ3v) is 3.19. The zero-order chi connectivity index (χ0) is 9.76. The van der Waals surface area contributed by atoms with E-state index in [1.54, 1.807) is 0 Å². The third kappa shape index (κ3) is 1.14. The second kappa shape index (κ2) is 2.65. The Hall–Kier alpha value is -0.730. The van der Waals surface area contributed by atoms with Crippen molar-refractivity contribution in [3.63, 3.8) is 0 Å². The average molecular weight is 211 g/mol. The summed E-state index contributed by atoms with van der Waals surface area (Å²) < 4.78 is 5.53. The Morgan fingerprint density at radius 3 is 2.86 bits per heavy atom. The first-order valence-electron chi connectivity index (χ1n) is 4.87. The van der Waals surface area contributed by atoms with Gasteiger partial charge in [0, 0.05) is 17.0 Å². The number of halogens is 1. The van der Waals surface area contributed by atoms with Crippen LogP contribution in [0.5, 0.6) is 5.75 Å². The average Bonchev–Trinajstić information content (AvgIpc) is 2.74. The first kappa shape index (κ1) is 8.57. The van der Waals surface area contributed by atoms with E-state index >= 15 is 0 Å². The Bertz CT molecular complexity index is 397. The summed E-state index contributed by atoms with van der Waals surface area (Å²) in [5.41, 5.74) is 1.37. The number of fused-ring (bicyclic) bond motifs is 1. The highest BCUT2D eigenvalue weighted by Gasteiger charge is 2.45. The highest BCUT2D eigenvalue weighted by atomic mass is 35.5. The van der Waals surface area contributed by atoms with E-state index in [1.807, 2.05) is 12.1 Å². The molecule has 1 saturated carbocycles. The van der Waals surface area contributed by atoms with E-state index in [9.17, 15) is 5.11 Å². The first-order chi connectivity index (χ1) is 6.69. The molecule has 2 aliphatic rings. The zero-order valence-electron chi connectivity index (χ0n) is 7.72. The number of aliphatic hydroxyl groups is 1. The van der Waals surface area contributed by atoms with Crippen molar-refractivity contribution in [1.29, 1.82) is 0 Å². The second-order valence-corrected chi connectivity index (χ2v) is 4.51. The fraction of sp³-hybridized carbons (Fsp3) is 0.455. The van der Waals surface area contributed by atoms with Crippen LogP contribution < -0.4 is 4.74 Å². The van der Waals surface area contributed by atoms with Gasteiger partial charge in [-0.05, 0) is 30.5 Å². The van der Waals surface area contributed by atoms with Gasteiger partial charge in [0.25, 0.3) is 0 Å². The fourth-order valence-electron chi connectivity index (χ4n) is 2.00. The molecule has 14 heavy (non-hydrogen) atoms. The Labute approximate surface area is 87.5 Å². The lowest BCUT2D eigenvalue weighted by atomic mass is 10.0. The van der Waals surface area contributed by atoms with E-state index in [2.05, 4.69) is 0 Å². The highest BCUT2D eigenvalue weighted by Crippen LogP contribution is 2.51. The quantitative estimate of drug-likeness (QED) is 0.771. The molecule has 2 nitrogen and oxygen atoms in total. The maximum Gasteiger partial charge on any atom is 0.128 e. The molecule has 1 aromatic carbocycles. The molecule has 1 heterocycles. The van der Waals surface area contributed by atoms with Gasteiger partial charge in [0.15, 0.2) is 0 Å². The van der Waals surface area contributed by atoms with Crippen molar-refractivity contribution in [2.75, 3.05) is 6.61 Å². The maximum absolute atomic E-state index is 10.1. The molecular formula is C11H11ClO2. The smallest absolute Gasteiger partial charge is 0.128 e. The van der Waals surface area contributed by atoms with Gasteiger partial charge in [0.2, 0.25) is 0 Å². The van der Waals surface area contributed by atoms with Gasteiger partial charge >= 0.3 is 0 Å². The van der Waals surface area contributed by atoms with Gasteiger partial charge in [-0.15, -0.1) is 0 Å². The summed E-state index contributed by atoms with van der Waals surface area (Å²) in [4.78, 5) is 0. The molecule has 0 aromatic heterocycles. The second-order valence-electron chi connectivity index (χ2n) is 4.07. The van der Waals surface area contributed by atoms with Crippen molar-refractivity contribution < 1.29 is 9.84 Å². The van der Waals surface area contributed by atoms with Gasteiger partial charge in [0.1, 0.15) is 5.75 Å². The molecular weight excluding hydrogens is 200 g/mol. The molecule has 0 spiro atoms. The van der Waals surface area contributed by atoms with E-state index in [-0.39, 0.29) is 0 Å². The normalized spacial score (nSPS) is 21.6. The van der Waals surface area contributed by atoms with Crippen LogP contribution in [0, 0.1) is 0 Å². The Balaban J connectivity index is 2.19. The molecule has 1 aliphatic heterocycles. The molecule has 1 aromatic rings. The number of benzene rings is 1. The molecule has 1 N–H and O–H groups in total. The molecule has 1 aliphatic carbocycles. The van der Waals surface area contributed by atoms with Crippen molar-refractivity contribution in [3.8, 4) is 5.75 Å². The van der Waals surface area contributed by atoms with Crippen LogP contribution in [0.3, 0.4) is 0 Å². The molecule has 74 valence electrons. The van der Waals surface area contributed by atoms with Gasteiger partial charge < -0.3 is 9.84 Å². The Morgan fingerprint density at radius 1 is 1.36 bits per heavy atom. The van der Waals surface area contributed by atoms with E-state index in [1.165, 1.54) is 0 Å². The first-order valence-corrected chi connectivity index (χ1v) is 5.25. The summed E-state index contributed by atoms with van der Waals surface area (Å²) >= 11 is 6.00. The maximum atomic E-state index is 10.1. The monoisotopic (exact) mass is 210 g/mol. The highest BCUT2D eigenvalue weighted by molar-refractivity contribution is 6.30. The minimum absolute atomic E-state index is 0.653. The standard InChI is InChI=1S/C11H11ClO2/c12-8-5-7-1-4-14-10(7)9(6-8)11(13)2-3-11/h5-6,13H,1-4H2. The van der Waals surface area contributed by atoms with Crippen molar-refractivity contribution in [3.05, 3.63) is 28.3 Å². The number of ether oxygens (including phenoxy) is 1. The summed E-state index contributed by atoms with van der Waals surface area (Å²) in [5.74, 6) is 0.870. The third-order valence-electron chi connectivity index (χ3n) is 2.97. The van der Waals surface area contributed by atoms with E-state index in [0.29, 0.717) is 11.6 Å². The van der Waals surface area contributed by atoms with E-state index in [4.69, 9.17) is 16.3 Å². The molecule has 3 heteroatoms. The van der Waals surface area contributed by atoms with Crippen molar-refractivity contribution in [2.45, 2.75) is 24.9 Å². The zero-order valence-corrected chi connectivity index (χ0v) is 8.47. The van der Waals surface area contributed by atoms with Gasteiger partial charge in [-0.2, -0.15) is 0 Å². The molecule has 3 rings (SSSR count). The van der Waals surface area contributed by atoms with Crippen LogP contribution in [0.25, 0.3) is 0 Å². The number of hydrogen-bond donors (Lipinski definition) is 1. The van der Waals surface area contributed by atoms with Crippen molar-refractivity contribution in [1.82, 2.24) is 0 Å². The molecule has 0 bridgehead atoms. The number of hydrogen-bond acceptors (Lipinski definition) is 2.